The third-order valence-electron chi connectivity index (χ3n) is 2.92. The molecule has 0 unspecified atom stereocenters. The minimum Gasteiger partial charge on any atom is -0.486 e. The zero-order valence-electron chi connectivity index (χ0n) is 11.0. The molecule has 2 rings (SSSR count). The largest absolute Gasteiger partial charge is 0.486 e. The second kappa shape index (κ2) is 5.56. The molecule has 0 atom stereocenters. The van der Waals surface area contributed by atoms with Gasteiger partial charge in [0.1, 0.15) is 6.61 Å². The molecule has 1 aromatic heterocycles. The number of hydrogen-bond acceptors (Lipinski definition) is 3. The number of carbonyl (C=O) groups is 1. The fourth-order valence-corrected chi connectivity index (χ4v) is 1.74. The molecular formula is C14H16N2O3. The van der Waals surface area contributed by atoms with E-state index in [2.05, 4.69) is 5.10 Å². The zero-order valence-corrected chi connectivity index (χ0v) is 11.0. The molecule has 0 aliphatic rings. The Kier molecular flexibility index (Phi) is 3.85. The molecule has 5 nitrogen and oxygen atoms in total. The van der Waals surface area contributed by atoms with Gasteiger partial charge in [-0.25, -0.2) is 4.79 Å². The number of aromatic carboxylic acids is 1. The van der Waals surface area contributed by atoms with Crippen molar-refractivity contribution in [2.45, 2.75) is 27.0 Å². The summed E-state index contributed by atoms with van der Waals surface area (Å²) in [7, 11) is 0. The van der Waals surface area contributed by atoms with Gasteiger partial charge in [-0.1, -0.05) is 6.07 Å². The second-order valence-electron chi connectivity index (χ2n) is 4.27. The first-order chi connectivity index (χ1) is 9.10. The Morgan fingerprint density at radius 2 is 2.26 bits per heavy atom. The zero-order chi connectivity index (χ0) is 13.8. The van der Waals surface area contributed by atoms with E-state index in [4.69, 9.17) is 9.84 Å². The summed E-state index contributed by atoms with van der Waals surface area (Å²) in [4.78, 5) is 10.8. The number of aryl methyl sites for hydroxylation is 2. The molecule has 2 aromatic rings. The number of hydrogen-bond donors (Lipinski definition) is 1. The molecule has 5 heteroatoms. The first-order valence-electron chi connectivity index (χ1n) is 6.08. The first kappa shape index (κ1) is 13.1. The summed E-state index contributed by atoms with van der Waals surface area (Å²) in [6.07, 6.45) is 3.51. The van der Waals surface area contributed by atoms with E-state index in [0.717, 1.165) is 17.7 Å². The van der Waals surface area contributed by atoms with Gasteiger partial charge in [-0.2, -0.15) is 5.10 Å². The summed E-state index contributed by atoms with van der Waals surface area (Å²) in [5.74, 6) is -0.205. The van der Waals surface area contributed by atoms with E-state index < -0.39 is 5.97 Å². The number of carboxylic acid groups (broad SMARTS) is 1. The number of carboxylic acids is 1. The van der Waals surface area contributed by atoms with Crippen LogP contribution in [0.25, 0.3) is 0 Å². The van der Waals surface area contributed by atoms with Crippen molar-refractivity contribution in [1.29, 1.82) is 0 Å². The molecule has 1 N–H and O–H groups in total. The summed E-state index contributed by atoms with van der Waals surface area (Å²) in [6, 6.07) is 5.02. The number of aromatic nitrogens is 2. The van der Waals surface area contributed by atoms with Crippen molar-refractivity contribution >= 4 is 5.97 Å². The van der Waals surface area contributed by atoms with Crippen LogP contribution in [0.2, 0.25) is 0 Å². The maximum atomic E-state index is 10.8. The average Bonchev–Trinajstić information content (AvgIpc) is 2.85. The lowest BCUT2D eigenvalue weighted by atomic mass is 10.1. The standard InChI is InChI=1S/C14H16N2O3/c1-3-16-8-13(7-15-16)19-9-12-5-4-11(14(17)18)6-10(12)2/h4-8H,3,9H2,1-2H3,(H,17,18). The summed E-state index contributed by atoms with van der Waals surface area (Å²) < 4.78 is 7.41. The fourth-order valence-electron chi connectivity index (χ4n) is 1.74. The summed E-state index contributed by atoms with van der Waals surface area (Å²) in [5, 5.41) is 13.0. The SMILES string of the molecule is CCn1cc(OCc2ccc(C(=O)O)cc2C)cn1. The predicted molar refractivity (Wildman–Crippen MR) is 70.4 cm³/mol. The van der Waals surface area contributed by atoms with Crippen LogP contribution in [0.3, 0.4) is 0 Å². The summed E-state index contributed by atoms with van der Waals surface area (Å²) in [5.41, 5.74) is 2.16. The molecule has 1 heterocycles. The molecule has 0 amide bonds. The highest BCUT2D eigenvalue weighted by atomic mass is 16.5. The molecule has 0 aliphatic heterocycles. The molecule has 0 radical (unpaired) electrons. The minimum atomic E-state index is -0.917. The van der Waals surface area contributed by atoms with Gasteiger partial charge in [0.25, 0.3) is 0 Å². The Morgan fingerprint density at radius 3 is 2.84 bits per heavy atom. The van der Waals surface area contributed by atoms with Gasteiger partial charge in [0.15, 0.2) is 5.75 Å². The minimum absolute atomic E-state index is 0.292. The van der Waals surface area contributed by atoms with E-state index in [0.29, 0.717) is 17.9 Å². The van der Waals surface area contributed by atoms with E-state index in [1.807, 2.05) is 20.0 Å². The van der Waals surface area contributed by atoms with Crippen molar-refractivity contribution in [1.82, 2.24) is 9.78 Å². The van der Waals surface area contributed by atoms with E-state index in [1.165, 1.54) is 0 Å². The summed E-state index contributed by atoms with van der Waals surface area (Å²) >= 11 is 0. The van der Waals surface area contributed by atoms with Crippen LogP contribution in [0.4, 0.5) is 0 Å². The molecule has 0 saturated heterocycles. The molecule has 100 valence electrons. The lowest BCUT2D eigenvalue weighted by molar-refractivity contribution is 0.0696. The van der Waals surface area contributed by atoms with E-state index >= 15 is 0 Å². The Morgan fingerprint density at radius 1 is 1.47 bits per heavy atom. The molecular weight excluding hydrogens is 244 g/mol. The van der Waals surface area contributed by atoms with Gasteiger partial charge in [0.2, 0.25) is 0 Å². The fraction of sp³-hybridized carbons (Fsp3) is 0.286. The van der Waals surface area contributed by atoms with Crippen molar-refractivity contribution in [3.63, 3.8) is 0 Å². The molecule has 0 fully saturated rings. The van der Waals surface area contributed by atoms with Crippen molar-refractivity contribution < 1.29 is 14.6 Å². The van der Waals surface area contributed by atoms with Crippen LogP contribution < -0.4 is 4.74 Å². The lowest BCUT2D eigenvalue weighted by Crippen LogP contribution is -2.01. The topological polar surface area (TPSA) is 64.3 Å². The van der Waals surface area contributed by atoms with Crippen LogP contribution in [0, 0.1) is 6.92 Å². The van der Waals surface area contributed by atoms with Crippen LogP contribution in [0.1, 0.15) is 28.4 Å². The van der Waals surface area contributed by atoms with Gasteiger partial charge < -0.3 is 9.84 Å². The molecule has 0 spiro atoms. The maximum Gasteiger partial charge on any atom is 0.335 e. The normalized spacial score (nSPS) is 10.4. The van der Waals surface area contributed by atoms with E-state index in [9.17, 15) is 4.79 Å². The number of nitrogens with zero attached hydrogens (tertiary/aromatic N) is 2. The smallest absolute Gasteiger partial charge is 0.335 e. The van der Waals surface area contributed by atoms with Crippen molar-refractivity contribution in [3.05, 3.63) is 47.3 Å². The lowest BCUT2D eigenvalue weighted by Gasteiger charge is -2.07. The Balaban J connectivity index is 2.05. The highest BCUT2D eigenvalue weighted by Crippen LogP contribution is 2.15. The third kappa shape index (κ3) is 3.13. The van der Waals surface area contributed by atoms with Crippen molar-refractivity contribution in [2.75, 3.05) is 0 Å². The van der Waals surface area contributed by atoms with Gasteiger partial charge in [-0.15, -0.1) is 0 Å². The van der Waals surface area contributed by atoms with Gasteiger partial charge in [0.05, 0.1) is 18.0 Å². The molecule has 0 saturated carbocycles. The number of benzene rings is 1. The summed E-state index contributed by atoms with van der Waals surface area (Å²) in [6.45, 7) is 5.09. The van der Waals surface area contributed by atoms with Gasteiger partial charge in [0, 0.05) is 6.54 Å². The van der Waals surface area contributed by atoms with Crippen LogP contribution in [-0.2, 0) is 13.2 Å². The quantitative estimate of drug-likeness (QED) is 0.897. The molecule has 0 aliphatic carbocycles. The Bertz CT molecular complexity index is 590. The molecule has 19 heavy (non-hydrogen) atoms. The van der Waals surface area contributed by atoms with Crippen LogP contribution in [-0.4, -0.2) is 20.9 Å². The van der Waals surface area contributed by atoms with Crippen LogP contribution in [0.15, 0.2) is 30.6 Å². The number of ether oxygens (including phenoxy) is 1. The van der Waals surface area contributed by atoms with Gasteiger partial charge in [-0.05, 0) is 37.1 Å². The Hall–Kier alpha value is -2.30. The first-order valence-corrected chi connectivity index (χ1v) is 6.08. The van der Waals surface area contributed by atoms with Gasteiger partial charge >= 0.3 is 5.97 Å². The van der Waals surface area contributed by atoms with Crippen LogP contribution >= 0.6 is 0 Å². The highest BCUT2D eigenvalue weighted by Gasteiger charge is 2.06. The van der Waals surface area contributed by atoms with Crippen LogP contribution in [0.5, 0.6) is 5.75 Å². The van der Waals surface area contributed by atoms with Crippen molar-refractivity contribution in [2.24, 2.45) is 0 Å². The van der Waals surface area contributed by atoms with E-state index in [1.54, 1.807) is 29.1 Å². The Labute approximate surface area is 111 Å². The predicted octanol–water partition coefficient (Wildman–Crippen LogP) is 2.49. The monoisotopic (exact) mass is 260 g/mol. The second-order valence-corrected chi connectivity index (χ2v) is 4.27. The average molecular weight is 260 g/mol. The third-order valence-corrected chi connectivity index (χ3v) is 2.92. The maximum absolute atomic E-state index is 10.8. The van der Waals surface area contributed by atoms with Gasteiger partial charge in [-0.3, -0.25) is 4.68 Å². The number of rotatable bonds is 5. The van der Waals surface area contributed by atoms with E-state index in [-0.39, 0.29) is 0 Å². The van der Waals surface area contributed by atoms with Crippen molar-refractivity contribution in [3.8, 4) is 5.75 Å². The molecule has 0 bridgehead atoms. The highest BCUT2D eigenvalue weighted by molar-refractivity contribution is 5.87. The molecule has 1 aromatic carbocycles.